The molecule has 1 N–H and O–H groups in total. The van der Waals surface area contributed by atoms with Crippen LogP contribution in [0.4, 0.5) is 5.82 Å². The van der Waals surface area contributed by atoms with E-state index >= 15 is 0 Å². The Kier molecular flexibility index (Phi) is 5.64. The van der Waals surface area contributed by atoms with E-state index in [4.69, 9.17) is 4.98 Å². The first-order valence-corrected chi connectivity index (χ1v) is 9.11. The Labute approximate surface area is 149 Å². The van der Waals surface area contributed by atoms with Crippen LogP contribution in [0.2, 0.25) is 0 Å². The van der Waals surface area contributed by atoms with E-state index in [-0.39, 0.29) is 5.91 Å². The number of amides is 1. The van der Waals surface area contributed by atoms with Gasteiger partial charge in [-0.05, 0) is 25.2 Å². The smallest absolute Gasteiger partial charge is 0.270 e. The van der Waals surface area contributed by atoms with Crippen LogP contribution in [0, 0.1) is 5.92 Å². The Morgan fingerprint density at radius 3 is 2.52 bits per heavy atom. The number of aromatic nitrogens is 2. The van der Waals surface area contributed by atoms with Crippen LogP contribution in [0.1, 0.15) is 43.6 Å². The van der Waals surface area contributed by atoms with Gasteiger partial charge >= 0.3 is 0 Å². The Bertz CT molecular complexity index is 709. The third-order valence-corrected chi connectivity index (χ3v) is 4.33. The van der Waals surface area contributed by atoms with Gasteiger partial charge in [-0.25, -0.2) is 9.97 Å². The first-order valence-electron chi connectivity index (χ1n) is 9.11. The Balaban J connectivity index is 1.94. The zero-order valence-corrected chi connectivity index (χ0v) is 15.0. The summed E-state index contributed by atoms with van der Waals surface area (Å²) in [5.41, 5.74) is 1.37. The third-order valence-electron chi connectivity index (χ3n) is 4.33. The maximum Gasteiger partial charge on any atom is 0.270 e. The molecule has 5 heteroatoms. The minimum absolute atomic E-state index is 0.133. The normalized spacial score (nSPS) is 14.6. The van der Waals surface area contributed by atoms with Crippen molar-refractivity contribution in [3.05, 3.63) is 42.1 Å². The van der Waals surface area contributed by atoms with Crippen molar-refractivity contribution in [1.29, 1.82) is 0 Å². The Hall–Kier alpha value is -2.43. The molecular weight excluding hydrogens is 312 g/mol. The topological polar surface area (TPSA) is 58.1 Å². The van der Waals surface area contributed by atoms with E-state index in [1.807, 2.05) is 36.4 Å². The standard InChI is InChI=1S/C20H26N4O/c1-15(2)14-21-20(25)17-13-18(24-11-7-4-8-12-24)23-19(22-17)16-9-5-3-6-10-16/h3,5-6,9-10,13,15H,4,7-8,11-12,14H2,1-2H3,(H,21,25). The highest BCUT2D eigenvalue weighted by Crippen LogP contribution is 2.23. The molecule has 5 nitrogen and oxygen atoms in total. The summed E-state index contributed by atoms with van der Waals surface area (Å²) in [5, 5.41) is 2.96. The number of nitrogens with one attached hydrogen (secondary N) is 1. The van der Waals surface area contributed by atoms with Crippen molar-refractivity contribution in [2.45, 2.75) is 33.1 Å². The highest BCUT2D eigenvalue weighted by molar-refractivity contribution is 5.93. The molecule has 0 atom stereocenters. The lowest BCUT2D eigenvalue weighted by Crippen LogP contribution is -2.32. The fraction of sp³-hybridized carbons (Fsp3) is 0.450. The number of hydrogen-bond donors (Lipinski definition) is 1. The second-order valence-corrected chi connectivity index (χ2v) is 6.95. The fourth-order valence-corrected chi connectivity index (χ4v) is 2.94. The molecule has 0 unspecified atom stereocenters. The van der Waals surface area contributed by atoms with Gasteiger partial charge in [0.25, 0.3) is 5.91 Å². The van der Waals surface area contributed by atoms with E-state index in [1.54, 1.807) is 0 Å². The summed E-state index contributed by atoms with van der Waals surface area (Å²) in [5.74, 6) is 1.73. The molecule has 1 saturated heterocycles. The van der Waals surface area contributed by atoms with E-state index in [0.717, 1.165) is 24.5 Å². The summed E-state index contributed by atoms with van der Waals surface area (Å²) >= 11 is 0. The lowest BCUT2D eigenvalue weighted by Gasteiger charge is -2.28. The van der Waals surface area contributed by atoms with Crippen LogP contribution in [0.25, 0.3) is 11.4 Å². The van der Waals surface area contributed by atoms with Crippen molar-refractivity contribution in [2.24, 2.45) is 5.92 Å². The zero-order valence-electron chi connectivity index (χ0n) is 15.0. The summed E-state index contributed by atoms with van der Waals surface area (Å²) in [4.78, 5) is 24.1. The minimum Gasteiger partial charge on any atom is -0.356 e. The van der Waals surface area contributed by atoms with E-state index in [1.165, 1.54) is 19.3 Å². The predicted molar refractivity (Wildman–Crippen MR) is 101 cm³/mol. The molecule has 0 spiro atoms. The van der Waals surface area contributed by atoms with Crippen molar-refractivity contribution in [2.75, 3.05) is 24.5 Å². The van der Waals surface area contributed by atoms with Crippen LogP contribution in [0.15, 0.2) is 36.4 Å². The number of carbonyl (C=O) groups excluding carboxylic acids is 1. The molecule has 3 rings (SSSR count). The lowest BCUT2D eigenvalue weighted by molar-refractivity contribution is 0.0944. The highest BCUT2D eigenvalue weighted by atomic mass is 16.1. The van der Waals surface area contributed by atoms with E-state index in [9.17, 15) is 4.79 Å². The maximum atomic E-state index is 12.5. The van der Waals surface area contributed by atoms with Crippen molar-refractivity contribution in [3.8, 4) is 11.4 Å². The maximum absolute atomic E-state index is 12.5. The largest absolute Gasteiger partial charge is 0.356 e. The van der Waals surface area contributed by atoms with Gasteiger partial charge in [-0.3, -0.25) is 4.79 Å². The third kappa shape index (κ3) is 4.56. The molecule has 25 heavy (non-hydrogen) atoms. The summed E-state index contributed by atoms with van der Waals surface area (Å²) in [6.45, 7) is 6.77. The molecule has 0 aliphatic carbocycles. The summed E-state index contributed by atoms with van der Waals surface area (Å²) in [6, 6.07) is 11.7. The quantitative estimate of drug-likeness (QED) is 0.906. The minimum atomic E-state index is -0.133. The average molecular weight is 338 g/mol. The first-order chi connectivity index (χ1) is 12.1. The van der Waals surface area contributed by atoms with Crippen LogP contribution in [-0.2, 0) is 0 Å². The highest BCUT2D eigenvalue weighted by Gasteiger charge is 2.18. The van der Waals surface area contributed by atoms with Gasteiger partial charge in [-0.2, -0.15) is 0 Å². The lowest BCUT2D eigenvalue weighted by atomic mass is 10.1. The van der Waals surface area contributed by atoms with Crippen LogP contribution >= 0.6 is 0 Å². The number of benzene rings is 1. The van der Waals surface area contributed by atoms with E-state index < -0.39 is 0 Å². The summed E-state index contributed by atoms with van der Waals surface area (Å²) in [6.07, 6.45) is 3.59. The van der Waals surface area contributed by atoms with Gasteiger partial charge in [0.15, 0.2) is 5.82 Å². The van der Waals surface area contributed by atoms with Crippen molar-refractivity contribution < 1.29 is 4.79 Å². The first kappa shape index (κ1) is 17.4. The Morgan fingerprint density at radius 2 is 1.84 bits per heavy atom. The van der Waals surface area contributed by atoms with Gasteiger partial charge in [0, 0.05) is 31.3 Å². The van der Waals surface area contributed by atoms with Gasteiger partial charge in [0.05, 0.1) is 0 Å². The SMILES string of the molecule is CC(C)CNC(=O)c1cc(N2CCCCC2)nc(-c2ccccc2)n1. The molecule has 1 aliphatic rings. The molecule has 0 bridgehead atoms. The second-order valence-electron chi connectivity index (χ2n) is 6.95. The predicted octanol–water partition coefficient (Wildman–Crippen LogP) is 3.52. The van der Waals surface area contributed by atoms with Gasteiger partial charge in [-0.1, -0.05) is 44.2 Å². The number of hydrogen-bond acceptors (Lipinski definition) is 4. The van der Waals surface area contributed by atoms with Crippen molar-refractivity contribution >= 4 is 11.7 Å². The molecule has 1 aromatic heterocycles. The van der Waals surface area contributed by atoms with Gasteiger partial charge < -0.3 is 10.2 Å². The number of nitrogens with zero attached hydrogens (tertiary/aromatic N) is 3. The summed E-state index contributed by atoms with van der Waals surface area (Å²) < 4.78 is 0. The number of carbonyl (C=O) groups is 1. The van der Waals surface area contributed by atoms with Crippen molar-refractivity contribution in [1.82, 2.24) is 15.3 Å². The Morgan fingerprint density at radius 1 is 1.12 bits per heavy atom. The molecule has 132 valence electrons. The van der Waals surface area contributed by atoms with E-state index in [0.29, 0.717) is 24.0 Å². The number of anilines is 1. The molecule has 0 radical (unpaired) electrons. The van der Waals surface area contributed by atoms with Crippen LogP contribution in [-0.4, -0.2) is 35.5 Å². The molecular formula is C20H26N4O. The average Bonchev–Trinajstić information content (AvgIpc) is 2.67. The molecule has 1 aliphatic heterocycles. The van der Waals surface area contributed by atoms with Gasteiger partial charge in [0.2, 0.25) is 0 Å². The molecule has 2 heterocycles. The monoisotopic (exact) mass is 338 g/mol. The van der Waals surface area contributed by atoms with Gasteiger partial charge in [0.1, 0.15) is 11.5 Å². The van der Waals surface area contributed by atoms with Crippen LogP contribution in [0.3, 0.4) is 0 Å². The molecule has 1 amide bonds. The van der Waals surface area contributed by atoms with Crippen LogP contribution < -0.4 is 10.2 Å². The zero-order chi connectivity index (χ0) is 17.6. The number of rotatable bonds is 5. The van der Waals surface area contributed by atoms with Crippen LogP contribution in [0.5, 0.6) is 0 Å². The molecule has 0 saturated carbocycles. The second kappa shape index (κ2) is 8.10. The molecule has 2 aromatic rings. The number of piperidine rings is 1. The van der Waals surface area contributed by atoms with Crippen molar-refractivity contribution in [3.63, 3.8) is 0 Å². The molecule has 1 fully saturated rings. The van der Waals surface area contributed by atoms with E-state index in [2.05, 4.69) is 29.0 Å². The van der Waals surface area contributed by atoms with Gasteiger partial charge in [-0.15, -0.1) is 0 Å². The molecule has 1 aromatic carbocycles. The summed E-state index contributed by atoms with van der Waals surface area (Å²) in [7, 11) is 0. The fourth-order valence-electron chi connectivity index (χ4n) is 2.94.